The number of benzene rings is 1. The maximum atomic E-state index is 13.1. The Hall–Kier alpha value is -2.96. The molecule has 7 heteroatoms. The molecule has 7 nitrogen and oxygen atoms in total. The summed E-state index contributed by atoms with van der Waals surface area (Å²) < 4.78 is 0. The summed E-state index contributed by atoms with van der Waals surface area (Å²) in [4.78, 5) is 47.3. The number of amides is 2. The molecule has 1 aliphatic heterocycles. The number of hydrogen-bond donors (Lipinski definition) is 1. The summed E-state index contributed by atoms with van der Waals surface area (Å²) in [5.41, 5.74) is 1.44. The normalized spacial score (nSPS) is 17.3. The van der Waals surface area contributed by atoms with Gasteiger partial charge in [0.2, 0.25) is 5.91 Å². The van der Waals surface area contributed by atoms with Crippen molar-refractivity contribution in [3.63, 3.8) is 0 Å². The quantitative estimate of drug-likeness (QED) is 0.873. The number of nitrogens with zero attached hydrogens (tertiary/aromatic N) is 3. The molecule has 2 amide bonds. The second-order valence-electron chi connectivity index (χ2n) is 6.79. The molecular weight excluding hydrogens is 344 g/mol. The van der Waals surface area contributed by atoms with Gasteiger partial charge in [0.1, 0.15) is 6.04 Å². The maximum absolute atomic E-state index is 13.1. The van der Waals surface area contributed by atoms with Crippen molar-refractivity contribution in [2.45, 2.75) is 32.2 Å². The summed E-state index contributed by atoms with van der Waals surface area (Å²) in [6.45, 7) is 3.12. The highest BCUT2D eigenvalue weighted by molar-refractivity contribution is 5.99. The first kappa shape index (κ1) is 18.8. The highest BCUT2D eigenvalue weighted by Crippen LogP contribution is 2.22. The number of H-pyrrole nitrogens is 1. The molecule has 2 heterocycles. The minimum atomic E-state index is -0.419. The first-order valence-corrected chi connectivity index (χ1v) is 9.22. The van der Waals surface area contributed by atoms with Crippen LogP contribution in [0.1, 0.15) is 36.5 Å². The van der Waals surface area contributed by atoms with Crippen molar-refractivity contribution in [1.82, 2.24) is 19.8 Å². The second kappa shape index (κ2) is 8.16. The molecule has 1 N–H and O–H groups in total. The molecule has 1 atom stereocenters. The highest BCUT2D eigenvalue weighted by atomic mass is 16.2. The molecule has 0 unspecified atom stereocenters. The lowest BCUT2D eigenvalue weighted by atomic mass is 10.0. The van der Waals surface area contributed by atoms with Crippen LogP contribution in [0.25, 0.3) is 11.3 Å². The average molecular weight is 368 g/mol. The van der Waals surface area contributed by atoms with Gasteiger partial charge >= 0.3 is 0 Å². The number of unbranched alkanes of at least 4 members (excludes halogenated alkanes) is 1. The lowest BCUT2D eigenvalue weighted by Crippen LogP contribution is -2.57. The molecule has 1 saturated heterocycles. The molecule has 142 valence electrons. The first-order valence-electron chi connectivity index (χ1n) is 9.22. The predicted octanol–water partition coefficient (Wildman–Crippen LogP) is 1.91. The molecule has 3 rings (SSSR count). The lowest BCUT2D eigenvalue weighted by Gasteiger charge is -2.39. The summed E-state index contributed by atoms with van der Waals surface area (Å²) in [5.74, 6) is -0.167. The third-order valence-corrected chi connectivity index (χ3v) is 4.89. The van der Waals surface area contributed by atoms with Gasteiger partial charge in [-0.2, -0.15) is 0 Å². The van der Waals surface area contributed by atoms with E-state index in [1.807, 2.05) is 6.07 Å². The van der Waals surface area contributed by atoms with E-state index in [0.29, 0.717) is 36.3 Å². The van der Waals surface area contributed by atoms with E-state index < -0.39 is 6.04 Å². The summed E-state index contributed by atoms with van der Waals surface area (Å²) in [6.07, 6.45) is 3.87. The Kier molecular flexibility index (Phi) is 5.69. The molecule has 1 aliphatic rings. The van der Waals surface area contributed by atoms with Crippen molar-refractivity contribution in [3.8, 4) is 11.3 Å². The van der Waals surface area contributed by atoms with Crippen LogP contribution in [0.5, 0.6) is 0 Å². The summed E-state index contributed by atoms with van der Waals surface area (Å²) in [6, 6.07) is 8.01. The fourth-order valence-electron chi connectivity index (χ4n) is 3.34. The number of carbonyl (C=O) groups is 2. The number of aromatic amines is 1. The number of likely N-dealkylation sites (N-methyl/N-ethyl adjacent to an activating group) is 1. The van der Waals surface area contributed by atoms with Gasteiger partial charge in [0.15, 0.2) is 0 Å². The fraction of sp³-hybridized carbons (Fsp3) is 0.400. The smallest absolute Gasteiger partial charge is 0.254 e. The van der Waals surface area contributed by atoms with E-state index in [0.717, 1.165) is 12.8 Å². The van der Waals surface area contributed by atoms with Crippen LogP contribution in [-0.2, 0) is 4.79 Å². The van der Waals surface area contributed by atoms with E-state index in [1.165, 1.54) is 12.4 Å². The summed E-state index contributed by atoms with van der Waals surface area (Å²) in [5, 5.41) is 0. The largest absolute Gasteiger partial charge is 0.342 e. The molecule has 0 radical (unpaired) electrons. The fourth-order valence-corrected chi connectivity index (χ4v) is 3.34. The Bertz CT molecular complexity index is 893. The number of aromatic nitrogens is 2. The van der Waals surface area contributed by atoms with Crippen LogP contribution in [0.15, 0.2) is 41.5 Å². The Labute approximate surface area is 158 Å². The van der Waals surface area contributed by atoms with Crippen LogP contribution in [0.3, 0.4) is 0 Å². The third kappa shape index (κ3) is 4.07. The van der Waals surface area contributed by atoms with Crippen LogP contribution < -0.4 is 5.56 Å². The minimum absolute atomic E-state index is 0.00420. The standard InChI is InChI=1S/C20H24N4O3/c1-3-4-8-17-20(27)23(2)9-10-24(17)19(26)15-7-5-6-14(11-15)16-12-18(25)22-13-21-16/h5-7,11-13,17H,3-4,8-10H2,1-2H3,(H,21,22,25)/t17-/m1/s1. The van der Waals surface area contributed by atoms with Gasteiger partial charge in [-0.25, -0.2) is 4.98 Å². The number of nitrogens with one attached hydrogen (secondary N) is 1. The van der Waals surface area contributed by atoms with Crippen LogP contribution in [0.2, 0.25) is 0 Å². The molecular formula is C20H24N4O3. The second-order valence-corrected chi connectivity index (χ2v) is 6.79. The molecule has 2 aromatic rings. The van der Waals surface area contributed by atoms with Gasteiger partial charge in [-0.15, -0.1) is 0 Å². The zero-order chi connectivity index (χ0) is 19.4. The zero-order valence-electron chi connectivity index (χ0n) is 15.6. The SMILES string of the molecule is CCCC[C@@H]1C(=O)N(C)CCN1C(=O)c1cccc(-c2cc(=O)[nH]cn2)c1. The van der Waals surface area contributed by atoms with E-state index in [2.05, 4.69) is 16.9 Å². The van der Waals surface area contributed by atoms with Crippen LogP contribution in [0.4, 0.5) is 0 Å². The monoisotopic (exact) mass is 368 g/mol. The molecule has 0 saturated carbocycles. The number of piperazine rings is 1. The Morgan fingerprint density at radius 1 is 1.26 bits per heavy atom. The topological polar surface area (TPSA) is 86.4 Å². The van der Waals surface area contributed by atoms with Crippen molar-refractivity contribution in [3.05, 3.63) is 52.6 Å². The lowest BCUT2D eigenvalue weighted by molar-refractivity contribution is -0.138. The van der Waals surface area contributed by atoms with Crippen molar-refractivity contribution in [2.75, 3.05) is 20.1 Å². The predicted molar refractivity (Wildman–Crippen MR) is 102 cm³/mol. The Balaban J connectivity index is 1.89. The van der Waals surface area contributed by atoms with E-state index in [9.17, 15) is 14.4 Å². The maximum Gasteiger partial charge on any atom is 0.254 e. The van der Waals surface area contributed by atoms with Gasteiger partial charge in [0.05, 0.1) is 12.0 Å². The van der Waals surface area contributed by atoms with Crippen LogP contribution in [-0.4, -0.2) is 57.8 Å². The van der Waals surface area contributed by atoms with E-state index in [1.54, 1.807) is 35.0 Å². The summed E-state index contributed by atoms with van der Waals surface area (Å²) >= 11 is 0. The van der Waals surface area contributed by atoms with Crippen molar-refractivity contribution < 1.29 is 9.59 Å². The molecule has 0 aliphatic carbocycles. The highest BCUT2D eigenvalue weighted by Gasteiger charge is 2.35. The Morgan fingerprint density at radius 3 is 2.81 bits per heavy atom. The van der Waals surface area contributed by atoms with Gasteiger partial charge in [-0.1, -0.05) is 31.9 Å². The van der Waals surface area contributed by atoms with Crippen molar-refractivity contribution in [1.29, 1.82) is 0 Å². The molecule has 1 aromatic carbocycles. The third-order valence-electron chi connectivity index (χ3n) is 4.89. The van der Waals surface area contributed by atoms with E-state index in [4.69, 9.17) is 0 Å². The van der Waals surface area contributed by atoms with Gasteiger partial charge < -0.3 is 14.8 Å². The molecule has 1 aromatic heterocycles. The average Bonchev–Trinajstić information content (AvgIpc) is 2.68. The van der Waals surface area contributed by atoms with Gasteiger partial charge in [-0.3, -0.25) is 14.4 Å². The zero-order valence-corrected chi connectivity index (χ0v) is 15.6. The van der Waals surface area contributed by atoms with E-state index >= 15 is 0 Å². The molecule has 27 heavy (non-hydrogen) atoms. The van der Waals surface area contributed by atoms with Crippen molar-refractivity contribution >= 4 is 11.8 Å². The Morgan fingerprint density at radius 2 is 2.07 bits per heavy atom. The number of carbonyl (C=O) groups excluding carboxylic acids is 2. The van der Waals surface area contributed by atoms with E-state index in [-0.39, 0.29) is 17.4 Å². The first-order chi connectivity index (χ1) is 13.0. The van der Waals surface area contributed by atoms with Crippen molar-refractivity contribution in [2.24, 2.45) is 0 Å². The number of hydrogen-bond acceptors (Lipinski definition) is 4. The molecule has 0 spiro atoms. The number of rotatable bonds is 5. The van der Waals surface area contributed by atoms with Gasteiger partial charge in [0.25, 0.3) is 11.5 Å². The van der Waals surface area contributed by atoms with Crippen LogP contribution in [0, 0.1) is 0 Å². The summed E-state index contributed by atoms with van der Waals surface area (Å²) in [7, 11) is 1.78. The van der Waals surface area contributed by atoms with Gasteiger partial charge in [0, 0.05) is 37.3 Å². The molecule has 1 fully saturated rings. The minimum Gasteiger partial charge on any atom is -0.342 e. The molecule has 0 bridgehead atoms. The van der Waals surface area contributed by atoms with Gasteiger partial charge in [-0.05, 0) is 18.6 Å². The van der Waals surface area contributed by atoms with Crippen LogP contribution >= 0.6 is 0 Å².